The maximum Gasteiger partial charge on any atom is 0.309 e. The van der Waals surface area contributed by atoms with Gasteiger partial charge < -0.3 is 10.2 Å². The smallest absolute Gasteiger partial charge is 0.309 e. The van der Waals surface area contributed by atoms with Crippen molar-refractivity contribution in [3.8, 4) is 0 Å². The van der Waals surface area contributed by atoms with Gasteiger partial charge in [0.05, 0.1) is 23.0 Å². The molecular weight excluding hydrogens is 452 g/mol. The van der Waals surface area contributed by atoms with E-state index < -0.39 is 27.6 Å². The standard InChI is InChI=1S/C27H38O6S/c1-17-5-7-19(8-6-17)34(31,32)33-16-20-18-9-13-27(23(20)28)14-10-21-25(2,22(27)15-18)11-4-12-26(21,3)24(29)30/h5-8,18,20-23,28H,4,9-16H2,1-3H3,(H,29,30)/t18-,20+,21+,22+,23-,25-,26-,27+/m1/s1. The summed E-state index contributed by atoms with van der Waals surface area (Å²) < 4.78 is 31.1. The van der Waals surface area contributed by atoms with Crippen LogP contribution in [0.2, 0.25) is 0 Å². The Morgan fingerprint density at radius 2 is 1.74 bits per heavy atom. The van der Waals surface area contributed by atoms with E-state index in [9.17, 15) is 23.4 Å². The molecule has 0 radical (unpaired) electrons. The van der Waals surface area contributed by atoms with E-state index in [0.717, 1.165) is 56.9 Å². The maximum absolute atomic E-state index is 12.8. The summed E-state index contributed by atoms with van der Waals surface area (Å²) in [6.45, 7) is 6.12. The van der Waals surface area contributed by atoms with Crippen LogP contribution in [0.1, 0.15) is 70.8 Å². The molecule has 0 heterocycles. The first kappa shape index (κ1) is 24.3. The number of aryl methyl sites for hydroxylation is 1. The van der Waals surface area contributed by atoms with Gasteiger partial charge in [-0.3, -0.25) is 8.98 Å². The third kappa shape index (κ3) is 3.40. The molecule has 0 aromatic heterocycles. The average molecular weight is 491 g/mol. The zero-order chi connectivity index (χ0) is 24.5. The third-order valence-electron chi connectivity index (χ3n) is 10.7. The molecular formula is C27H38O6S. The van der Waals surface area contributed by atoms with Crippen molar-refractivity contribution in [2.45, 2.75) is 83.1 Å². The van der Waals surface area contributed by atoms with Gasteiger partial charge in [0.1, 0.15) is 0 Å². The molecule has 8 atom stereocenters. The van der Waals surface area contributed by atoms with Gasteiger partial charge in [-0.2, -0.15) is 8.42 Å². The second kappa shape index (κ2) is 8.04. The highest BCUT2D eigenvalue weighted by atomic mass is 32.2. The van der Waals surface area contributed by atoms with Crippen molar-refractivity contribution in [1.82, 2.24) is 0 Å². The van der Waals surface area contributed by atoms with E-state index in [1.807, 2.05) is 13.8 Å². The molecule has 5 aliphatic carbocycles. The van der Waals surface area contributed by atoms with Gasteiger partial charge in [-0.15, -0.1) is 0 Å². The molecule has 2 N–H and O–H groups in total. The lowest BCUT2D eigenvalue weighted by atomic mass is 9.35. The summed E-state index contributed by atoms with van der Waals surface area (Å²) in [5.74, 6) is -0.307. The molecule has 0 amide bonds. The van der Waals surface area contributed by atoms with E-state index in [2.05, 4.69) is 6.92 Å². The molecule has 34 heavy (non-hydrogen) atoms. The van der Waals surface area contributed by atoms with Crippen molar-refractivity contribution in [3.05, 3.63) is 29.8 Å². The van der Waals surface area contributed by atoms with Crippen LogP contribution in [0.5, 0.6) is 0 Å². The van der Waals surface area contributed by atoms with Crippen LogP contribution in [0.4, 0.5) is 0 Å². The second-order valence-electron chi connectivity index (χ2n) is 12.2. The molecule has 1 aromatic rings. The summed E-state index contributed by atoms with van der Waals surface area (Å²) in [5, 5.41) is 21.8. The van der Waals surface area contributed by atoms with Crippen molar-refractivity contribution in [1.29, 1.82) is 0 Å². The minimum Gasteiger partial charge on any atom is -0.481 e. The van der Waals surface area contributed by atoms with Crippen LogP contribution < -0.4 is 0 Å². The van der Waals surface area contributed by atoms with Crippen molar-refractivity contribution in [2.75, 3.05) is 6.61 Å². The van der Waals surface area contributed by atoms with E-state index in [1.54, 1.807) is 24.3 Å². The molecule has 1 aromatic carbocycles. The lowest BCUT2D eigenvalue weighted by molar-refractivity contribution is -0.247. The van der Waals surface area contributed by atoms with Gasteiger partial charge in [0.25, 0.3) is 10.1 Å². The van der Waals surface area contributed by atoms with Crippen LogP contribution in [-0.2, 0) is 19.1 Å². The van der Waals surface area contributed by atoms with E-state index in [4.69, 9.17) is 4.18 Å². The minimum atomic E-state index is -3.88. The first-order chi connectivity index (χ1) is 15.9. The molecule has 188 valence electrons. The molecule has 2 bridgehead atoms. The number of rotatable bonds is 5. The summed E-state index contributed by atoms with van der Waals surface area (Å²) in [4.78, 5) is 12.4. The summed E-state index contributed by atoms with van der Waals surface area (Å²) in [5.41, 5.74) is -0.0996. The van der Waals surface area contributed by atoms with E-state index >= 15 is 0 Å². The lowest BCUT2D eigenvalue weighted by Crippen LogP contribution is -2.67. The predicted molar refractivity (Wildman–Crippen MR) is 128 cm³/mol. The molecule has 5 saturated carbocycles. The second-order valence-corrected chi connectivity index (χ2v) is 13.8. The normalized spacial score (nSPS) is 43.7. The van der Waals surface area contributed by atoms with E-state index in [1.165, 1.54) is 0 Å². The molecule has 6 nitrogen and oxygen atoms in total. The van der Waals surface area contributed by atoms with Gasteiger partial charge in [-0.25, -0.2) is 0 Å². The van der Waals surface area contributed by atoms with Gasteiger partial charge in [0, 0.05) is 11.3 Å². The highest BCUT2D eigenvalue weighted by Crippen LogP contribution is 2.72. The maximum atomic E-state index is 12.8. The SMILES string of the molecule is Cc1ccc(S(=O)(=O)OC[C@H]2[C@@H]3CC[C@@]4(CC[C@H]5[C@@](C)(CCC[C@@]5(C)C(=O)O)[C@@H]4C3)[C@@H]2O)cc1. The Labute approximate surface area is 203 Å². The summed E-state index contributed by atoms with van der Waals surface area (Å²) in [7, 11) is -3.88. The number of hydrogen-bond donors (Lipinski definition) is 2. The first-order valence-electron chi connectivity index (χ1n) is 12.8. The summed E-state index contributed by atoms with van der Waals surface area (Å²) in [6.07, 6.45) is 6.50. The van der Waals surface area contributed by atoms with Crippen LogP contribution in [0.3, 0.4) is 0 Å². The molecule has 7 heteroatoms. The lowest BCUT2D eigenvalue weighted by Gasteiger charge is -2.69. The number of carboxylic acids is 1. The Morgan fingerprint density at radius 3 is 2.41 bits per heavy atom. The molecule has 0 aliphatic heterocycles. The quantitative estimate of drug-likeness (QED) is 0.576. The first-order valence-corrected chi connectivity index (χ1v) is 14.2. The van der Waals surface area contributed by atoms with Gasteiger partial charge in [-0.1, -0.05) is 31.0 Å². The molecule has 5 aliphatic rings. The van der Waals surface area contributed by atoms with Crippen LogP contribution in [0.25, 0.3) is 0 Å². The number of aliphatic carboxylic acids is 1. The van der Waals surface area contributed by atoms with Gasteiger partial charge in [0.2, 0.25) is 0 Å². The predicted octanol–water partition coefficient (Wildman–Crippen LogP) is 4.78. The van der Waals surface area contributed by atoms with Gasteiger partial charge >= 0.3 is 5.97 Å². The zero-order valence-corrected chi connectivity index (χ0v) is 21.3. The Kier molecular flexibility index (Phi) is 5.74. The van der Waals surface area contributed by atoms with Crippen molar-refractivity contribution in [2.24, 2.45) is 39.9 Å². The van der Waals surface area contributed by atoms with E-state index in [0.29, 0.717) is 0 Å². The van der Waals surface area contributed by atoms with Crippen LogP contribution in [0.15, 0.2) is 29.2 Å². The highest BCUT2D eigenvalue weighted by Gasteiger charge is 2.68. The van der Waals surface area contributed by atoms with Gasteiger partial charge in [-0.05, 0) is 94.1 Å². The number of aliphatic hydroxyl groups is 1. The van der Waals surface area contributed by atoms with Crippen LogP contribution >= 0.6 is 0 Å². The topological polar surface area (TPSA) is 101 Å². The van der Waals surface area contributed by atoms with Crippen molar-refractivity contribution in [3.63, 3.8) is 0 Å². The van der Waals surface area contributed by atoms with Crippen molar-refractivity contribution < 1.29 is 27.6 Å². The molecule has 5 fully saturated rings. The number of carboxylic acid groups (broad SMARTS) is 1. The molecule has 0 saturated heterocycles. The summed E-state index contributed by atoms with van der Waals surface area (Å²) >= 11 is 0. The number of benzene rings is 1. The average Bonchev–Trinajstić information content (AvgIpc) is 2.79. The number of carbonyl (C=O) groups is 1. The third-order valence-corrected chi connectivity index (χ3v) is 12.0. The van der Waals surface area contributed by atoms with E-state index in [-0.39, 0.29) is 46.0 Å². The van der Waals surface area contributed by atoms with Crippen LogP contribution in [0, 0.1) is 46.8 Å². The molecule has 6 rings (SSSR count). The number of hydrogen-bond acceptors (Lipinski definition) is 5. The minimum absolute atomic E-state index is 0.00347. The Bertz CT molecular complexity index is 1070. The fraction of sp³-hybridized carbons (Fsp3) is 0.741. The molecule has 1 spiro atoms. The largest absolute Gasteiger partial charge is 0.481 e. The fourth-order valence-electron chi connectivity index (χ4n) is 8.90. The Hall–Kier alpha value is -1.44. The van der Waals surface area contributed by atoms with Crippen molar-refractivity contribution >= 4 is 16.1 Å². The highest BCUT2D eigenvalue weighted by molar-refractivity contribution is 7.86. The monoisotopic (exact) mass is 490 g/mol. The zero-order valence-electron chi connectivity index (χ0n) is 20.5. The van der Waals surface area contributed by atoms with Crippen LogP contribution in [-0.4, -0.2) is 37.3 Å². The number of fused-ring (bicyclic) bond motifs is 3. The Balaban J connectivity index is 1.38. The van der Waals surface area contributed by atoms with Gasteiger partial charge in [0.15, 0.2) is 0 Å². The number of aliphatic hydroxyl groups excluding tert-OH is 1. The fourth-order valence-corrected chi connectivity index (χ4v) is 9.84. The molecule has 0 unspecified atom stereocenters. The Morgan fingerprint density at radius 1 is 1.06 bits per heavy atom. The summed E-state index contributed by atoms with van der Waals surface area (Å²) in [6, 6.07) is 6.64.